The first-order valence-corrected chi connectivity index (χ1v) is 4.47. The molecule has 0 saturated heterocycles. The Morgan fingerprint density at radius 1 is 1.70 bits per heavy atom. The van der Waals surface area contributed by atoms with Crippen LogP contribution in [0.3, 0.4) is 0 Å². The second-order valence-corrected chi connectivity index (χ2v) is 3.43. The summed E-state index contributed by atoms with van der Waals surface area (Å²) < 4.78 is 0. The number of aromatic nitrogens is 1. The highest BCUT2D eigenvalue weighted by molar-refractivity contribution is 8.00. The van der Waals surface area contributed by atoms with E-state index in [0.717, 1.165) is 5.03 Å². The lowest BCUT2D eigenvalue weighted by Gasteiger charge is -1.98. The highest BCUT2D eigenvalue weighted by atomic mass is 35.5. The van der Waals surface area contributed by atoms with Crippen LogP contribution in [0.1, 0.15) is 5.56 Å². The molecular formula is C7H8ClNS. The summed E-state index contributed by atoms with van der Waals surface area (Å²) in [4.78, 5) is 4.15. The van der Waals surface area contributed by atoms with Gasteiger partial charge in [0.15, 0.2) is 0 Å². The standard InChI is InChI=1S/C7H8ClNS/c1-6-3-2-4-9-7(6)10-5-8/h2-4H,5H2,1H3. The lowest BCUT2D eigenvalue weighted by molar-refractivity contribution is 1.08. The average molecular weight is 174 g/mol. The van der Waals surface area contributed by atoms with Crippen LogP contribution in [-0.4, -0.2) is 10.2 Å². The highest BCUT2D eigenvalue weighted by Crippen LogP contribution is 2.19. The van der Waals surface area contributed by atoms with Gasteiger partial charge in [0, 0.05) is 6.20 Å². The van der Waals surface area contributed by atoms with Crippen LogP contribution in [0.4, 0.5) is 0 Å². The number of alkyl halides is 1. The number of hydrogen-bond donors (Lipinski definition) is 0. The van der Waals surface area contributed by atoms with Crippen molar-refractivity contribution in [3.05, 3.63) is 23.9 Å². The molecule has 1 heterocycles. The van der Waals surface area contributed by atoms with Crippen LogP contribution >= 0.6 is 23.4 Å². The molecule has 54 valence electrons. The minimum absolute atomic E-state index is 0.567. The normalized spacial score (nSPS) is 9.80. The Hall–Kier alpha value is -0.210. The third kappa shape index (κ3) is 1.89. The third-order valence-electron chi connectivity index (χ3n) is 1.15. The van der Waals surface area contributed by atoms with Crippen molar-refractivity contribution in [2.24, 2.45) is 0 Å². The van der Waals surface area contributed by atoms with Gasteiger partial charge in [-0.25, -0.2) is 4.98 Å². The lowest BCUT2D eigenvalue weighted by Crippen LogP contribution is -1.82. The van der Waals surface area contributed by atoms with E-state index in [1.54, 1.807) is 18.0 Å². The molecule has 0 N–H and O–H groups in total. The lowest BCUT2D eigenvalue weighted by atomic mass is 10.3. The van der Waals surface area contributed by atoms with Crippen LogP contribution in [0, 0.1) is 6.92 Å². The maximum absolute atomic E-state index is 5.53. The van der Waals surface area contributed by atoms with Gasteiger partial charge < -0.3 is 0 Å². The van der Waals surface area contributed by atoms with Gasteiger partial charge in [-0.05, 0) is 18.6 Å². The molecular weight excluding hydrogens is 166 g/mol. The molecule has 1 nitrogen and oxygen atoms in total. The average Bonchev–Trinajstić information content (AvgIpc) is 1.94. The van der Waals surface area contributed by atoms with E-state index in [1.807, 2.05) is 19.1 Å². The monoisotopic (exact) mass is 173 g/mol. The number of hydrogen-bond acceptors (Lipinski definition) is 2. The fourth-order valence-electron chi connectivity index (χ4n) is 0.674. The Balaban J connectivity index is 2.81. The molecule has 0 atom stereocenters. The minimum Gasteiger partial charge on any atom is -0.250 e. The van der Waals surface area contributed by atoms with Gasteiger partial charge in [-0.15, -0.1) is 11.6 Å². The van der Waals surface area contributed by atoms with Crippen LogP contribution < -0.4 is 0 Å². The molecule has 0 aliphatic carbocycles. The number of rotatable bonds is 2. The molecule has 0 amide bonds. The summed E-state index contributed by atoms with van der Waals surface area (Å²) in [6.07, 6.45) is 1.78. The van der Waals surface area contributed by atoms with Crippen molar-refractivity contribution in [3.8, 4) is 0 Å². The number of halogens is 1. The largest absolute Gasteiger partial charge is 0.250 e. The maximum atomic E-state index is 5.53. The molecule has 0 saturated carbocycles. The second-order valence-electron chi connectivity index (χ2n) is 1.88. The molecule has 3 heteroatoms. The van der Waals surface area contributed by atoms with E-state index in [2.05, 4.69) is 4.98 Å². The molecule has 0 bridgehead atoms. The summed E-state index contributed by atoms with van der Waals surface area (Å²) >= 11 is 7.09. The molecule has 0 aromatic carbocycles. The van der Waals surface area contributed by atoms with Crippen molar-refractivity contribution in [1.29, 1.82) is 0 Å². The number of pyridine rings is 1. The van der Waals surface area contributed by atoms with E-state index in [9.17, 15) is 0 Å². The molecule has 1 rings (SSSR count). The van der Waals surface area contributed by atoms with E-state index in [1.165, 1.54) is 5.56 Å². The van der Waals surface area contributed by atoms with Crippen LogP contribution in [0.5, 0.6) is 0 Å². The summed E-state index contributed by atoms with van der Waals surface area (Å²) in [7, 11) is 0. The van der Waals surface area contributed by atoms with Gasteiger partial charge in [-0.1, -0.05) is 17.8 Å². The Bertz CT molecular complexity index is 215. The van der Waals surface area contributed by atoms with Crippen molar-refractivity contribution in [1.82, 2.24) is 4.98 Å². The van der Waals surface area contributed by atoms with E-state index in [-0.39, 0.29) is 0 Å². The number of aryl methyl sites for hydroxylation is 1. The van der Waals surface area contributed by atoms with E-state index < -0.39 is 0 Å². The summed E-state index contributed by atoms with van der Waals surface area (Å²) in [6, 6.07) is 3.95. The molecule has 0 fully saturated rings. The Morgan fingerprint density at radius 3 is 3.10 bits per heavy atom. The molecule has 1 aromatic rings. The van der Waals surface area contributed by atoms with Gasteiger partial charge in [0.05, 0.1) is 5.21 Å². The van der Waals surface area contributed by atoms with Gasteiger partial charge in [0.2, 0.25) is 0 Å². The second kappa shape index (κ2) is 3.84. The zero-order valence-electron chi connectivity index (χ0n) is 5.67. The first kappa shape index (κ1) is 7.89. The van der Waals surface area contributed by atoms with E-state index in [4.69, 9.17) is 11.6 Å². The van der Waals surface area contributed by atoms with Crippen molar-refractivity contribution >= 4 is 23.4 Å². The Morgan fingerprint density at radius 2 is 2.50 bits per heavy atom. The molecule has 0 spiro atoms. The van der Waals surface area contributed by atoms with Gasteiger partial charge >= 0.3 is 0 Å². The molecule has 10 heavy (non-hydrogen) atoms. The summed E-state index contributed by atoms with van der Waals surface area (Å²) in [5.41, 5.74) is 1.19. The zero-order chi connectivity index (χ0) is 7.40. The quantitative estimate of drug-likeness (QED) is 0.504. The van der Waals surface area contributed by atoms with Crippen LogP contribution in [0.2, 0.25) is 0 Å². The predicted octanol–water partition coefficient (Wildman–Crippen LogP) is 2.68. The molecule has 0 radical (unpaired) electrons. The van der Waals surface area contributed by atoms with Crippen molar-refractivity contribution in [2.45, 2.75) is 11.9 Å². The van der Waals surface area contributed by atoms with Gasteiger partial charge in [-0.3, -0.25) is 0 Å². The topological polar surface area (TPSA) is 12.9 Å². The molecule has 1 aromatic heterocycles. The van der Waals surface area contributed by atoms with Gasteiger partial charge in [0.25, 0.3) is 0 Å². The van der Waals surface area contributed by atoms with Crippen LogP contribution in [-0.2, 0) is 0 Å². The molecule has 0 aliphatic rings. The molecule has 0 aliphatic heterocycles. The molecule has 0 unspecified atom stereocenters. The first-order chi connectivity index (χ1) is 4.84. The van der Waals surface area contributed by atoms with Crippen LogP contribution in [0.15, 0.2) is 23.4 Å². The summed E-state index contributed by atoms with van der Waals surface area (Å²) in [5.74, 6) is 0. The number of nitrogens with zero attached hydrogens (tertiary/aromatic N) is 1. The highest BCUT2D eigenvalue weighted by Gasteiger charge is 1.95. The van der Waals surface area contributed by atoms with E-state index >= 15 is 0 Å². The third-order valence-corrected chi connectivity index (χ3v) is 2.29. The Kier molecular flexibility index (Phi) is 3.03. The SMILES string of the molecule is Cc1cccnc1SCCl. The van der Waals surface area contributed by atoms with Crippen LogP contribution in [0.25, 0.3) is 0 Å². The first-order valence-electron chi connectivity index (χ1n) is 2.95. The van der Waals surface area contributed by atoms with E-state index in [0.29, 0.717) is 5.21 Å². The minimum atomic E-state index is 0.567. The zero-order valence-corrected chi connectivity index (χ0v) is 7.25. The van der Waals surface area contributed by atoms with Gasteiger partial charge in [0.1, 0.15) is 5.03 Å². The summed E-state index contributed by atoms with van der Waals surface area (Å²) in [6.45, 7) is 2.03. The van der Waals surface area contributed by atoms with Crippen molar-refractivity contribution < 1.29 is 0 Å². The van der Waals surface area contributed by atoms with Crippen molar-refractivity contribution in [2.75, 3.05) is 5.21 Å². The van der Waals surface area contributed by atoms with Gasteiger partial charge in [-0.2, -0.15) is 0 Å². The predicted molar refractivity (Wildman–Crippen MR) is 45.6 cm³/mol. The number of thioether (sulfide) groups is 1. The Labute approximate surface area is 69.8 Å². The fourth-order valence-corrected chi connectivity index (χ4v) is 1.52. The summed E-state index contributed by atoms with van der Waals surface area (Å²) in [5, 5.41) is 1.59. The van der Waals surface area contributed by atoms with Crippen molar-refractivity contribution in [3.63, 3.8) is 0 Å². The smallest absolute Gasteiger partial charge is 0.100 e. The maximum Gasteiger partial charge on any atom is 0.100 e. The fraction of sp³-hybridized carbons (Fsp3) is 0.286.